The van der Waals surface area contributed by atoms with Gasteiger partial charge in [0, 0.05) is 10.6 Å². The van der Waals surface area contributed by atoms with E-state index in [4.69, 9.17) is 11.6 Å². The largest absolute Gasteiger partial charge is 0.0837 e. The molecule has 0 bridgehead atoms. The highest BCUT2D eigenvalue weighted by atomic mass is 35.5. The number of halogens is 1. The fraction of sp³-hybridized carbons (Fsp3) is 0.200. The zero-order valence-corrected chi connectivity index (χ0v) is 10.6. The van der Waals surface area contributed by atoms with Crippen molar-refractivity contribution < 1.29 is 0 Å². The van der Waals surface area contributed by atoms with Gasteiger partial charge in [0.05, 0.1) is 0 Å². The molecule has 2 rings (SSSR count). The van der Waals surface area contributed by atoms with Crippen LogP contribution in [0.5, 0.6) is 0 Å². The number of benzene rings is 2. The molecule has 0 N–H and O–H groups in total. The Morgan fingerprint density at radius 1 is 0.875 bits per heavy atom. The maximum Gasteiger partial charge on any atom is 0.0487 e. The summed E-state index contributed by atoms with van der Waals surface area (Å²) in [7, 11) is 0. The Labute approximate surface area is 102 Å². The Kier molecular flexibility index (Phi) is 3.02. The summed E-state index contributed by atoms with van der Waals surface area (Å²) in [6.45, 7) is 6.32. The van der Waals surface area contributed by atoms with Crippen molar-refractivity contribution in [3.05, 3.63) is 58.1 Å². The molecule has 0 aliphatic rings. The third-order valence-corrected chi connectivity index (χ3v) is 3.05. The first kappa shape index (κ1) is 11.2. The van der Waals surface area contributed by atoms with Crippen molar-refractivity contribution in [2.75, 3.05) is 0 Å². The normalized spacial score (nSPS) is 10.5. The van der Waals surface area contributed by atoms with Crippen LogP contribution in [0, 0.1) is 20.8 Å². The first-order valence-corrected chi connectivity index (χ1v) is 5.79. The van der Waals surface area contributed by atoms with Crippen molar-refractivity contribution in [2.24, 2.45) is 0 Å². The maximum atomic E-state index is 6.27. The number of hydrogen-bond donors (Lipinski definition) is 0. The van der Waals surface area contributed by atoms with Gasteiger partial charge in [-0.2, -0.15) is 0 Å². The second-order valence-electron chi connectivity index (χ2n) is 4.31. The Hall–Kier alpha value is -1.27. The Balaban J connectivity index is 2.67. The molecule has 0 unspecified atom stereocenters. The smallest absolute Gasteiger partial charge is 0.0487 e. The summed E-state index contributed by atoms with van der Waals surface area (Å²) in [4.78, 5) is 0. The van der Waals surface area contributed by atoms with Crippen LogP contribution in [-0.2, 0) is 0 Å². The van der Waals surface area contributed by atoms with E-state index in [0.29, 0.717) is 0 Å². The van der Waals surface area contributed by atoms with Crippen molar-refractivity contribution >= 4 is 11.6 Å². The van der Waals surface area contributed by atoms with E-state index in [2.05, 4.69) is 45.0 Å². The van der Waals surface area contributed by atoms with Gasteiger partial charge in [-0.25, -0.2) is 0 Å². The quantitative estimate of drug-likeness (QED) is 0.652. The van der Waals surface area contributed by atoms with Crippen LogP contribution in [0.4, 0.5) is 0 Å². The summed E-state index contributed by atoms with van der Waals surface area (Å²) < 4.78 is 0. The van der Waals surface area contributed by atoms with Crippen molar-refractivity contribution in [1.82, 2.24) is 0 Å². The predicted molar refractivity (Wildman–Crippen MR) is 71.1 cm³/mol. The molecule has 0 amide bonds. The zero-order chi connectivity index (χ0) is 11.7. The molecule has 0 saturated carbocycles. The molecule has 2 aromatic rings. The first-order valence-electron chi connectivity index (χ1n) is 5.42. The molecule has 0 nitrogen and oxygen atoms in total. The first-order chi connectivity index (χ1) is 7.58. The molecule has 0 radical (unpaired) electrons. The molecule has 0 atom stereocenters. The minimum atomic E-state index is 0.824. The number of rotatable bonds is 1. The van der Waals surface area contributed by atoms with E-state index in [1.54, 1.807) is 0 Å². The molecule has 0 heterocycles. The van der Waals surface area contributed by atoms with Crippen molar-refractivity contribution in [2.45, 2.75) is 20.8 Å². The van der Waals surface area contributed by atoms with Crippen LogP contribution in [0.1, 0.15) is 16.7 Å². The zero-order valence-electron chi connectivity index (χ0n) is 9.84. The minimum absolute atomic E-state index is 0.824. The maximum absolute atomic E-state index is 6.27. The van der Waals surface area contributed by atoms with Crippen LogP contribution in [0.25, 0.3) is 11.1 Å². The molecule has 0 aromatic heterocycles. The summed E-state index contributed by atoms with van der Waals surface area (Å²) >= 11 is 6.27. The fourth-order valence-corrected chi connectivity index (χ4v) is 2.45. The lowest BCUT2D eigenvalue weighted by atomic mass is 9.97. The molecular weight excluding hydrogens is 216 g/mol. The second-order valence-corrected chi connectivity index (χ2v) is 4.72. The Morgan fingerprint density at radius 2 is 1.50 bits per heavy atom. The lowest BCUT2D eigenvalue weighted by molar-refractivity contribution is 1.37. The lowest BCUT2D eigenvalue weighted by Gasteiger charge is -2.10. The summed E-state index contributed by atoms with van der Waals surface area (Å²) in [5.74, 6) is 0. The highest BCUT2D eigenvalue weighted by Gasteiger charge is 2.07. The van der Waals surface area contributed by atoms with E-state index in [1.165, 1.54) is 22.3 Å². The molecule has 82 valence electrons. The molecule has 1 heteroatoms. The van der Waals surface area contributed by atoms with Crippen LogP contribution in [-0.4, -0.2) is 0 Å². The molecule has 2 aromatic carbocycles. The van der Waals surface area contributed by atoms with Gasteiger partial charge in [-0.3, -0.25) is 0 Å². The Bertz CT molecular complexity index is 486. The van der Waals surface area contributed by atoms with Gasteiger partial charge in [-0.1, -0.05) is 53.1 Å². The van der Waals surface area contributed by atoms with E-state index >= 15 is 0 Å². The number of aryl methyl sites for hydroxylation is 3. The molecule has 0 fully saturated rings. The molecule has 0 saturated heterocycles. The van der Waals surface area contributed by atoms with Gasteiger partial charge in [-0.15, -0.1) is 0 Å². The molecule has 0 aliphatic carbocycles. The van der Waals surface area contributed by atoms with Crippen LogP contribution in [0.15, 0.2) is 36.4 Å². The van der Waals surface area contributed by atoms with Gasteiger partial charge in [0.1, 0.15) is 0 Å². The standard InChI is InChI=1S/C15H15Cl/c1-10-7-11(2)9-13(8-10)15-12(3)5-4-6-14(15)16/h4-9H,1-3H3. The molecular formula is C15H15Cl. The van der Waals surface area contributed by atoms with Crippen molar-refractivity contribution in [3.8, 4) is 11.1 Å². The van der Waals surface area contributed by atoms with E-state index in [0.717, 1.165) is 10.6 Å². The van der Waals surface area contributed by atoms with Gasteiger partial charge >= 0.3 is 0 Å². The van der Waals surface area contributed by atoms with Crippen LogP contribution in [0.3, 0.4) is 0 Å². The summed E-state index contributed by atoms with van der Waals surface area (Å²) in [6.07, 6.45) is 0. The van der Waals surface area contributed by atoms with Gasteiger partial charge in [0.2, 0.25) is 0 Å². The van der Waals surface area contributed by atoms with Crippen LogP contribution >= 0.6 is 11.6 Å². The fourth-order valence-electron chi connectivity index (χ4n) is 2.12. The van der Waals surface area contributed by atoms with Crippen molar-refractivity contribution in [1.29, 1.82) is 0 Å². The van der Waals surface area contributed by atoms with Gasteiger partial charge < -0.3 is 0 Å². The van der Waals surface area contributed by atoms with Gasteiger partial charge in [-0.05, 0) is 38.0 Å². The summed E-state index contributed by atoms with van der Waals surface area (Å²) in [6, 6.07) is 12.6. The lowest BCUT2D eigenvalue weighted by Crippen LogP contribution is -1.87. The molecule has 16 heavy (non-hydrogen) atoms. The second kappa shape index (κ2) is 4.31. The summed E-state index contributed by atoms with van der Waals surface area (Å²) in [5.41, 5.74) is 6.12. The molecule has 0 spiro atoms. The summed E-state index contributed by atoms with van der Waals surface area (Å²) in [5, 5.41) is 0.824. The van der Waals surface area contributed by atoms with E-state index in [-0.39, 0.29) is 0 Å². The average molecular weight is 231 g/mol. The van der Waals surface area contributed by atoms with E-state index in [1.807, 2.05) is 12.1 Å². The van der Waals surface area contributed by atoms with Crippen LogP contribution in [0.2, 0.25) is 5.02 Å². The minimum Gasteiger partial charge on any atom is -0.0837 e. The van der Waals surface area contributed by atoms with E-state index in [9.17, 15) is 0 Å². The third-order valence-electron chi connectivity index (χ3n) is 2.73. The van der Waals surface area contributed by atoms with E-state index < -0.39 is 0 Å². The van der Waals surface area contributed by atoms with Gasteiger partial charge in [0.25, 0.3) is 0 Å². The highest BCUT2D eigenvalue weighted by molar-refractivity contribution is 6.33. The van der Waals surface area contributed by atoms with Crippen molar-refractivity contribution in [3.63, 3.8) is 0 Å². The third kappa shape index (κ3) is 2.12. The topological polar surface area (TPSA) is 0 Å². The highest BCUT2D eigenvalue weighted by Crippen LogP contribution is 2.32. The Morgan fingerprint density at radius 3 is 2.06 bits per heavy atom. The molecule has 0 aliphatic heterocycles. The van der Waals surface area contributed by atoms with Crippen LogP contribution < -0.4 is 0 Å². The predicted octanol–water partition coefficient (Wildman–Crippen LogP) is 4.93. The number of hydrogen-bond acceptors (Lipinski definition) is 0. The monoisotopic (exact) mass is 230 g/mol. The SMILES string of the molecule is Cc1cc(C)cc(-c2c(C)cccc2Cl)c1. The average Bonchev–Trinajstić information content (AvgIpc) is 2.15. The van der Waals surface area contributed by atoms with Gasteiger partial charge in [0.15, 0.2) is 0 Å².